The number of hydrogen-bond acceptors (Lipinski definition) is 1. The number of carbonyl (C=O) groups is 1. The molecule has 0 unspecified atom stereocenters. The van der Waals surface area contributed by atoms with Crippen molar-refractivity contribution in [2.45, 2.75) is 38.0 Å². The molecule has 1 aliphatic carbocycles. The molecule has 17 heavy (non-hydrogen) atoms. The zero-order valence-corrected chi connectivity index (χ0v) is 9.26. The Morgan fingerprint density at radius 3 is 2.47 bits per heavy atom. The number of ketones is 1. The Balaban J connectivity index is 2.31. The van der Waals surface area contributed by atoms with Gasteiger partial charge in [0, 0.05) is 0 Å². The lowest BCUT2D eigenvalue weighted by molar-refractivity contribution is 0.0674. The second-order valence-electron chi connectivity index (χ2n) is 4.39. The van der Waals surface area contributed by atoms with Gasteiger partial charge in [-0.15, -0.1) is 0 Å². The lowest BCUT2D eigenvalue weighted by Crippen LogP contribution is -2.13. The number of rotatable bonds is 3. The highest BCUT2D eigenvalue weighted by Gasteiger charge is 2.24. The first-order chi connectivity index (χ1) is 8.09. The van der Waals surface area contributed by atoms with Crippen molar-refractivity contribution in [1.29, 1.82) is 0 Å². The number of halogens is 3. The van der Waals surface area contributed by atoms with Gasteiger partial charge in [-0.3, -0.25) is 4.79 Å². The Bertz CT molecular complexity index is 423. The molecule has 0 heterocycles. The fraction of sp³-hybridized carbons (Fsp3) is 0.462. The van der Waals surface area contributed by atoms with Gasteiger partial charge < -0.3 is 0 Å². The van der Waals surface area contributed by atoms with Crippen LogP contribution in [0.2, 0.25) is 0 Å². The minimum Gasteiger partial charge on any atom is -0.288 e. The van der Waals surface area contributed by atoms with Crippen LogP contribution in [0.1, 0.15) is 47.5 Å². The maximum Gasteiger partial charge on any atom is 0.300 e. The minimum absolute atomic E-state index is 0.278. The van der Waals surface area contributed by atoms with Gasteiger partial charge in [0.15, 0.2) is 0 Å². The van der Waals surface area contributed by atoms with Crippen LogP contribution >= 0.6 is 0 Å². The van der Waals surface area contributed by atoms with E-state index in [2.05, 4.69) is 0 Å². The quantitative estimate of drug-likeness (QED) is 0.734. The van der Waals surface area contributed by atoms with Gasteiger partial charge in [0.2, 0.25) is 5.78 Å². The molecular weight excluding hydrogens is 229 g/mol. The maximum absolute atomic E-state index is 13.3. The molecule has 0 aliphatic heterocycles. The Morgan fingerprint density at radius 2 is 1.88 bits per heavy atom. The molecular formula is C13H13F3O. The lowest BCUT2D eigenvalue weighted by Gasteiger charge is -2.11. The number of Topliss-reactive ketones (excluding diaryl/α,β-unsaturated/α-hetero) is 1. The van der Waals surface area contributed by atoms with Crippen molar-refractivity contribution in [3.8, 4) is 0 Å². The average molecular weight is 242 g/mol. The molecule has 2 rings (SSSR count). The molecule has 0 amide bonds. The van der Waals surface area contributed by atoms with Crippen LogP contribution < -0.4 is 0 Å². The lowest BCUT2D eigenvalue weighted by atomic mass is 9.95. The van der Waals surface area contributed by atoms with Gasteiger partial charge in [-0.2, -0.15) is 0 Å². The van der Waals surface area contributed by atoms with E-state index in [4.69, 9.17) is 0 Å². The van der Waals surface area contributed by atoms with Crippen molar-refractivity contribution >= 4 is 5.78 Å². The van der Waals surface area contributed by atoms with Crippen LogP contribution in [0.25, 0.3) is 0 Å². The molecule has 0 bridgehead atoms. The number of alkyl halides is 2. The zero-order chi connectivity index (χ0) is 12.4. The number of carbonyl (C=O) groups excluding carboxylic acids is 1. The molecule has 0 atom stereocenters. The number of hydrogen-bond donors (Lipinski definition) is 0. The summed E-state index contributed by atoms with van der Waals surface area (Å²) in [5.41, 5.74) is 0.317. The van der Waals surface area contributed by atoms with Gasteiger partial charge >= 0.3 is 6.43 Å². The Morgan fingerprint density at radius 1 is 1.24 bits per heavy atom. The Kier molecular flexibility index (Phi) is 3.50. The largest absolute Gasteiger partial charge is 0.300 e. The molecule has 0 spiro atoms. The van der Waals surface area contributed by atoms with Gasteiger partial charge in [-0.25, -0.2) is 13.2 Å². The molecule has 0 aromatic heterocycles. The molecule has 1 aromatic rings. The fourth-order valence-electron chi connectivity index (χ4n) is 2.36. The monoisotopic (exact) mass is 242 g/mol. The predicted octanol–water partition coefficient (Wildman–Crippen LogP) is 3.93. The molecule has 1 fully saturated rings. The normalized spacial score (nSPS) is 16.7. The van der Waals surface area contributed by atoms with E-state index in [1.807, 2.05) is 0 Å². The van der Waals surface area contributed by atoms with Crippen LogP contribution in [0.5, 0.6) is 0 Å². The van der Waals surface area contributed by atoms with Crippen molar-refractivity contribution in [3.63, 3.8) is 0 Å². The highest BCUT2D eigenvalue weighted by molar-refractivity contribution is 5.98. The summed E-state index contributed by atoms with van der Waals surface area (Å²) in [6, 6.07) is 4.00. The van der Waals surface area contributed by atoms with E-state index < -0.39 is 23.6 Å². The van der Waals surface area contributed by atoms with E-state index in [0.717, 1.165) is 37.3 Å². The first-order valence-electron chi connectivity index (χ1n) is 5.71. The summed E-state index contributed by atoms with van der Waals surface area (Å²) in [7, 11) is 0. The third-order valence-corrected chi connectivity index (χ3v) is 3.28. The summed E-state index contributed by atoms with van der Waals surface area (Å²) in [5, 5.41) is 0. The third kappa shape index (κ3) is 2.51. The second kappa shape index (κ2) is 4.90. The van der Waals surface area contributed by atoms with Crippen LogP contribution in [0.4, 0.5) is 13.2 Å². The first kappa shape index (κ1) is 12.1. The van der Waals surface area contributed by atoms with Crippen LogP contribution in [0.15, 0.2) is 18.2 Å². The molecule has 4 heteroatoms. The van der Waals surface area contributed by atoms with Crippen molar-refractivity contribution in [1.82, 2.24) is 0 Å². The van der Waals surface area contributed by atoms with Crippen molar-refractivity contribution in [3.05, 3.63) is 35.1 Å². The van der Waals surface area contributed by atoms with E-state index in [-0.39, 0.29) is 5.92 Å². The Hall–Kier alpha value is -1.32. The zero-order valence-electron chi connectivity index (χ0n) is 9.26. The average Bonchev–Trinajstić information content (AvgIpc) is 2.82. The number of benzene rings is 1. The highest BCUT2D eigenvalue weighted by atomic mass is 19.3. The topological polar surface area (TPSA) is 17.1 Å². The van der Waals surface area contributed by atoms with Gasteiger partial charge in [0.1, 0.15) is 5.82 Å². The van der Waals surface area contributed by atoms with Crippen molar-refractivity contribution in [2.24, 2.45) is 0 Å². The van der Waals surface area contributed by atoms with Gasteiger partial charge in [0.25, 0.3) is 0 Å². The fourth-order valence-corrected chi connectivity index (χ4v) is 2.36. The third-order valence-electron chi connectivity index (χ3n) is 3.28. The second-order valence-corrected chi connectivity index (χ2v) is 4.39. The summed E-state index contributed by atoms with van der Waals surface area (Å²) in [6.07, 6.45) is 1.01. The molecule has 0 radical (unpaired) electrons. The van der Waals surface area contributed by atoms with Gasteiger partial charge in [-0.1, -0.05) is 18.9 Å². The highest BCUT2D eigenvalue weighted by Crippen LogP contribution is 2.34. The summed E-state index contributed by atoms with van der Waals surface area (Å²) < 4.78 is 37.9. The summed E-state index contributed by atoms with van der Waals surface area (Å²) in [4.78, 5) is 11.1. The van der Waals surface area contributed by atoms with Crippen LogP contribution in [-0.2, 0) is 0 Å². The van der Waals surface area contributed by atoms with Crippen molar-refractivity contribution in [2.75, 3.05) is 0 Å². The van der Waals surface area contributed by atoms with E-state index in [1.54, 1.807) is 6.07 Å². The SMILES string of the molecule is O=C(c1cc(C2CCCC2)ccc1F)C(F)F. The van der Waals surface area contributed by atoms with Crippen molar-refractivity contribution < 1.29 is 18.0 Å². The van der Waals surface area contributed by atoms with Gasteiger partial charge in [0.05, 0.1) is 5.56 Å². The van der Waals surface area contributed by atoms with E-state index in [1.165, 1.54) is 6.07 Å². The van der Waals surface area contributed by atoms with E-state index >= 15 is 0 Å². The predicted molar refractivity (Wildman–Crippen MR) is 57.9 cm³/mol. The standard InChI is InChI=1S/C13H13F3O/c14-11-6-5-9(8-3-1-2-4-8)7-10(11)12(17)13(15)16/h5-8,13H,1-4H2. The molecule has 0 saturated heterocycles. The van der Waals surface area contributed by atoms with Crippen LogP contribution in [-0.4, -0.2) is 12.2 Å². The minimum atomic E-state index is -3.15. The first-order valence-corrected chi connectivity index (χ1v) is 5.71. The van der Waals surface area contributed by atoms with Crippen LogP contribution in [0, 0.1) is 5.82 Å². The summed E-state index contributed by atoms with van der Waals surface area (Å²) >= 11 is 0. The molecule has 0 N–H and O–H groups in total. The smallest absolute Gasteiger partial charge is 0.288 e. The Labute approximate surface area is 97.6 Å². The molecule has 1 saturated carbocycles. The molecule has 1 nitrogen and oxygen atoms in total. The van der Waals surface area contributed by atoms with Crippen LogP contribution in [0.3, 0.4) is 0 Å². The molecule has 92 valence electrons. The molecule has 1 aromatic carbocycles. The van der Waals surface area contributed by atoms with Gasteiger partial charge in [-0.05, 0) is 36.5 Å². The summed E-state index contributed by atoms with van der Waals surface area (Å²) in [6.45, 7) is 0. The van der Waals surface area contributed by atoms with E-state index in [9.17, 15) is 18.0 Å². The maximum atomic E-state index is 13.3. The summed E-state index contributed by atoms with van der Waals surface area (Å²) in [5.74, 6) is -2.01. The van der Waals surface area contributed by atoms with E-state index in [0.29, 0.717) is 0 Å². The molecule has 1 aliphatic rings.